The van der Waals surface area contributed by atoms with Crippen LogP contribution in [0.2, 0.25) is 72.5 Å². The number of H-pyrrole nitrogens is 2. The molecule has 8 unspecified atom stereocenters. The van der Waals surface area contributed by atoms with Crippen molar-refractivity contribution in [3.63, 3.8) is 0 Å². The molecule has 2 fully saturated rings. The molecular formula is C48H85ClN4O10Si4. The Balaban J connectivity index is 0.000000355. The van der Waals surface area contributed by atoms with Crippen LogP contribution in [-0.4, -0.2) is 89.0 Å². The van der Waals surface area contributed by atoms with E-state index in [1.165, 1.54) is 39.2 Å². The largest absolute Gasteiger partial charge is 0.413 e. The second-order valence-electron chi connectivity index (χ2n) is 24.7. The summed E-state index contributed by atoms with van der Waals surface area (Å²) in [6.07, 6.45) is 8.63. The number of ether oxygens (including phenoxy) is 2. The van der Waals surface area contributed by atoms with E-state index in [0.29, 0.717) is 0 Å². The number of aromatic nitrogens is 4. The Morgan fingerprint density at radius 3 is 1.36 bits per heavy atom. The van der Waals surface area contributed by atoms with Crippen LogP contribution < -0.4 is 22.5 Å². The Morgan fingerprint density at radius 2 is 1.00 bits per heavy atom. The molecule has 0 aromatic carbocycles. The number of hydrogen-bond acceptors (Lipinski definition) is 10. The van der Waals surface area contributed by atoms with E-state index in [1.54, 1.807) is 6.08 Å². The molecule has 2 aliphatic rings. The third-order valence-electron chi connectivity index (χ3n) is 15.7. The van der Waals surface area contributed by atoms with Gasteiger partial charge in [0, 0.05) is 41.9 Å². The maximum atomic E-state index is 12.7. The highest BCUT2D eigenvalue weighted by molar-refractivity contribution is 6.75. The Hall–Kier alpha value is -2.42. The summed E-state index contributed by atoms with van der Waals surface area (Å²) in [5, 5.41) is -0.0667. The van der Waals surface area contributed by atoms with Crippen LogP contribution in [0.3, 0.4) is 0 Å². The van der Waals surface area contributed by atoms with Crippen molar-refractivity contribution in [3.8, 4) is 12.3 Å². The fraction of sp³-hybridized carbons (Fsp3) is 0.750. The van der Waals surface area contributed by atoms with E-state index >= 15 is 0 Å². The van der Waals surface area contributed by atoms with Gasteiger partial charge in [0.05, 0.1) is 25.4 Å². The molecule has 0 saturated carbocycles. The van der Waals surface area contributed by atoms with Crippen LogP contribution in [0, 0.1) is 24.2 Å². The molecule has 0 amide bonds. The van der Waals surface area contributed by atoms with Crippen molar-refractivity contribution in [2.45, 2.75) is 205 Å². The topological polar surface area (TPSA) is 165 Å². The van der Waals surface area contributed by atoms with Gasteiger partial charge in [-0.1, -0.05) is 114 Å². The molecule has 67 heavy (non-hydrogen) atoms. The number of halogens is 1. The first-order valence-corrected chi connectivity index (χ1v) is 35.5. The van der Waals surface area contributed by atoms with Crippen molar-refractivity contribution >= 4 is 44.9 Å². The molecule has 2 aromatic rings. The number of nitrogens with one attached hydrogen (secondary N) is 2. The number of terminal acetylenes is 1. The van der Waals surface area contributed by atoms with Crippen molar-refractivity contribution in [2.75, 3.05) is 13.2 Å². The zero-order valence-electron chi connectivity index (χ0n) is 44.8. The minimum absolute atomic E-state index is 0.00193. The van der Waals surface area contributed by atoms with Crippen LogP contribution in [0.25, 0.3) is 0 Å². The molecule has 2 N–H and O–H groups in total. The van der Waals surface area contributed by atoms with Crippen molar-refractivity contribution in [2.24, 2.45) is 11.8 Å². The predicted molar refractivity (Wildman–Crippen MR) is 281 cm³/mol. The van der Waals surface area contributed by atoms with Gasteiger partial charge < -0.3 is 27.2 Å². The summed E-state index contributed by atoms with van der Waals surface area (Å²) in [4.78, 5) is 53.2. The zero-order valence-corrected chi connectivity index (χ0v) is 49.5. The second kappa shape index (κ2) is 20.4. The van der Waals surface area contributed by atoms with Crippen molar-refractivity contribution in [1.29, 1.82) is 0 Å². The fourth-order valence-electron chi connectivity index (χ4n) is 6.92. The Bertz CT molecular complexity index is 2340. The Kier molecular flexibility index (Phi) is 17.9. The average Bonchev–Trinajstić information content (AvgIpc) is 3.57. The summed E-state index contributed by atoms with van der Waals surface area (Å²) < 4.78 is 43.0. The number of rotatable bonds is 13. The lowest BCUT2D eigenvalue weighted by Gasteiger charge is -2.44. The number of aromatic amines is 2. The molecule has 2 saturated heterocycles. The normalized spacial score (nSPS) is 27.0. The van der Waals surface area contributed by atoms with Gasteiger partial charge in [-0.05, 0) is 78.6 Å². The number of hydrogen-bond donors (Lipinski definition) is 2. The summed E-state index contributed by atoms with van der Waals surface area (Å²) in [5.41, 5.74) is -2.68. The minimum atomic E-state index is -2.25. The van der Waals surface area contributed by atoms with Gasteiger partial charge >= 0.3 is 11.4 Å². The Morgan fingerprint density at radius 1 is 0.642 bits per heavy atom. The lowest BCUT2D eigenvalue weighted by atomic mass is 9.91. The van der Waals surface area contributed by atoms with Gasteiger partial charge in [-0.15, -0.1) is 6.42 Å². The van der Waals surface area contributed by atoms with Gasteiger partial charge in [0.25, 0.3) is 11.1 Å². The lowest BCUT2D eigenvalue weighted by Crippen LogP contribution is -2.55. The molecule has 2 aromatic heterocycles. The maximum Gasteiger partial charge on any atom is 0.330 e. The molecule has 4 rings (SSSR count). The van der Waals surface area contributed by atoms with E-state index in [1.807, 2.05) is 13.8 Å². The molecule has 0 aliphatic carbocycles. The lowest BCUT2D eigenvalue weighted by molar-refractivity contribution is -0.0930. The predicted octanol–water partition coefficient (Wildman–Crippen LogP) is 10.1. The SMILES string of the molecule is C#CC1(CO[Si](C)(C)C(C)(C)C)OC(n2ccc(=O)[nH]c2=O)C(C)C1O[Si](C)(C)C(C)(C)C.CC1C(n2ccc(=O)[nH]c2=O)OC(/C=C/Cl)(CO[Si](C)(C)C(C)(C)C)C1O[Si](C)(C)C(C)(C)C. The molecule has 0 radical (unpaired) electrons. The first-order chi connectivity index (χ1) is 30.1. The summed E-state index contributed by atoms with van der Waals surface area (Å²) in [5.74, 6) is 2.41. The van der Waals surface area contributed by atoms with E-state index < -0.39 is 91.6 Å². The van der Waals surface area contributed by atoms with Crippen LogP contribution >= 0.6 is 11.6 Å². The molecule has 4 heterocycles. The number of nitrogens with zero attached hydrogens (tertiary/aromatic N) is 2. The third kappa shape index (κ3) is 12.9. The highest BCUT2D eigenvalue weighted by Crippen LogP contribution is 2.51. The van der Waals surface area contributed by atoms with E-state index in [-0.39, 0.29) is 45.2 Å². The first-order valence-electron chi connectivity index (χ1n) is 23.4. The van der Waals surface area contributed by atoms with Crippen molar-refractivity contribution in [1.82, 2.24) is 19.1 Å². The third-order valence-corrected chi connectivity index (χ3v) is 33.7. The second-order valence-corrected chi connectivity index (χ2v) is 44.1. The average molecular weight is 1030 g/mol. The maximum absolute atomic E-state index is 12.7. The summed E-state index contributed by atoms with van der Waals surface area (Å²) in [6.45, 7) is 48.1. The molecule has 2 aliphatic heterocycles. The van der Waals surface area contributed by atoms with Gasteiger partial charge in [-0.2, -0.15) is 0 Å². The van der Waals surface area contributed by atoms with Crippen LogP contribution in [0.15, 0.2) is 55.3 Å². The summed E-state index contributed by atoms with van der Waals surface area (Å²) in [7, 11) is -8.76. The Labute approximate surface area is 409 Å². The quantitative estimate of drug-likeness (QED) is 0.146. The van der Waals surface area contributed by atoms with Gasteiger partial charge in [-0.25, -0.2) is 9.59 Å². The van der Waals surface area contributed by atoms with Gasteiger partial charge in [0.1, 0.15) is 18.1 Å². The first kappa shape index (κ1) is 58.9. The highest BCUT2D eigenvalue weighted by atomic mass is 35.5. The fourth-order valence-corrected chi connectivity index (χ4v) is 12.0. The van der Waals surface area contributed by atoms with Crippen molar-refractivity contribution in [3.05, 3.63) is 77.8 Å². The van der Waals surface area contributed by atoms with E-state index in [4.69, 9.17) is 45.2 Å². The monoisotopic (exact) mass is 1020 g/mol. The smallest absolute Gasteiger partial charge is 0.330 e. The van der Waals surface area contributed by atoms with Crippen LogP contribution in [0.5, 0.6) is 0 Å². The molecule has 0 spiro atoms. The molecule has 380 valence electrons. The van der Waals surface area contributed by atoms with Crippen molar-refractivity contribution < 1.29 is 27.2 Å². The molecule has 14 nitrogen and oxygen atoms in total. The highest BCUT2D eigenvalue weighted by Gasteiger charge is 2.59. The molecule has 8 atom stereocenters. The molecule has 19 heteroatoms. The standard InChI is InChI=1S/C24H43ClN2O5Si2.C24H42N2O5Si2/c1-17-19(32-34(10,11)23(5,6)7)24(13-14-25,16-30-33(8,9)22(2,3)4)31-20(17)27-15-12-18(28)26-21(27)29;1-13-24(16-29-32(9,10)22(3,4)5)19(31-33(11,12)23(6,7)8)17(2)20(30-24)26-15-14-18(27)25-21(26)28/h12-15,17,19-20H,16H2,1-11H3,(H,26,28,29);1,14-15,17,19-20H,16H2,2-12H3,(H,25,27,28)/b14-13+;. The summed E-state index contributed by atoms with van der Waals surface area (Å²) >= 11 is 6.17. The molecular weight excluding hydrogens is 940 g/mol. The van der Waals surface area contributed by atoms with Crippen LogP contribution in [0.1, 0.15) is 109 Å². The molecule has 0 bridgehead atoms. The van der Waals surface area contributed by atoms with E-state index in [2.05, 4.69) is 151 Å². The van der Waals surface area contributed by atoms with Crippen LogP contribution in [-0.2, 0) is 27.2 Å². The van der Waals surface area contributed by atoms with Gasteiger partial charge in [0.2, 0.25) is 0 Å². The summed E-state index contributed by atoms with van der Waals surface area (Å²) in [6, 6.07) is 2.63. The minimum Gasteiger partial charge on any atom is -0.413 e. The van der Waals surface area contributed by atoms with Gasteiger partial charge in [-0.3, -0.25) is 28.7 Å². The van der Waals surface area contributed by atoms with Crippen LogP contribution in [0.4, 0.5) is 0 Å². The van der Waals surface area contributed by atoms with Gasteiger partial charge in [0.15, 0.2) is 38.9 Å². The zero-order chi connectivity index (χ0) is 51.9. The van der Waals surface area contributed by atoms with E-state index in [9.17, 15) is 19.2 Å². The van der Waals surface area contributed by atoms with E-state index in [0.717, 1.165) is 0 Å².